The Kier molecular flexibility index (Phi) is 5.07. The first-order valence-electron chi connectivity index (χ1n) is 9.94. The number of piperidine rings is 1. The summed E-state index contributed by atoms with van der Waals surface area (Å²) in [6, 6.07) is 15.9. The van der Waals surface area contributed by atoms with E-state index in [-0.39, 0.29) is 0 Å². The lowest BCUT2D eigenvalue weighted by Crippen LogP contribution is -2.62. The van der Waals surface area contributed by atoms with Gasteiger partial charge < -0.3 is 4.90 Å². The first-order valence-corrected chi connectivity index (χ1v) is 9.94. The summed E-state index contributed by atoms with van der Waals surface area (Å²) in [7, 11) is 0. The Balaban J connectivity index is 1.44. The summed E-state index contributed by atoms with van der Waals surface area (Å²) in [6.45, 7) is 4.98. The normalized spacial score (nSPS) is 23.7. The standard InChI is InChI=1S/C23H28N2O/c1-2-23(26)25-20-12-6-13-21(25)17-24(16-20)15-7-11-19-10-5-9-18-8-3-4-14-22(18)19/h3-5,7-11,14,20-21H,2,6,12-13,15-17H2,1H3/b11-7+. The minimum absolute atomic E-state index is 0.339. The van der Waals surface area contributed by atoms with E-state index in [1.165, 1.54) is 22.8 Å². The van der Waals surface area contributed by atoms with Gasteiger partial charge >= 0.3 is 0 Å². The number of amides is 1. The third-order valence-corrected chi connectivity index (χ3v) is 5.87. The Morgan fingerprint density at radius 1 is 1.08 bits per heavy atom. The van der Waals surface area contributed by atoms with E-state index in [2.05, 4.69) is 64.4 Å². The fraction of sp³-hybridized carbons (Fsp3) is 0.435. The molecule has 2 unspecified atom stereocenters. The Morgan fingerprint density at radius 3 is 2.58 bits per heavy atom. The van der Waals surface area contributed by atoms with Crippen LogP contribution in [-0.4, -0.2) is 47.4 Å². The third kappa shape index (κ3) is 3.41. The van der Waals surface area contributed by atoms with Crippen LogP contribution in [0, 0.1) is 0 Å². The summed E-state index contributed by atoms with van der Waals surface area (Å²) in [5.74, 6) is 0.339. The SMILES string of the molecule is CCC(=O)N1C2CCCC1CN(C/C=C/c1cccc3ccccc13)C2. The summed E-state index contributed by atoms with van der Waals surface area (Å²) in [6.07, 6.45) is 8.75. The van der Waals surface area contributed by atoms with E-state index in [9.17, 15) is 4.79 Å². The minimum Gasteiger partial charge on any atom is -0.334 e. The maximum atomic E-state index is 12.3. The van der Waals surface area contributed by atoms with E-state index < -0.39 is 0 Å². The first-order chi connectivity index (χ1) is 12.8. The van der Waals surface area contributed by atoms with Crippen LogP contribution in [0.5, 0.6) is 0 Å². The first kappa shape index (κ1) is 17.3. The summed E-state index contributed by atoms with van der Waals surface area (Å²) >= 11 is 0. The number of fused-ring (bicyclic) bond motifs is 3. The van der Waals surface area contributed by atoms with Crippen LogP contribution in [0.2, 0.25) is 0 Å². The molecule has 2 aliphatic rings. The number of nitrogens with zero attached hydrogens (tertiary/aromatic N) is 2. The monoisotopic (exact) mass is 348 g/mol. The molecule has 26 heavy (non-hydrogen) atoms. The van der Waals surface area contributed by atoms with Gasteiger partial charge in [-0.2, -0.15) is 0 Å². The van der Waals surface area contributed by atoms with E-state index in [0.29, 0.717) is 24.4 Å². The van der Waals surface area contributed by atoms with Crippen LogP contribution in [0.25, 0.3) is 16.8 Å². The van der Waals surface area contributed by atoms with E-state index in [1.807, 2.05) is 6.92 Å². The number of carbonyl (C=O) groups is 1. The summed E-state index contributed by atoms with van der Waals surface area (Å²) in [5, 5.41) is 2.59. The van der Waals surface area contributed by atoms with Gasteiger partial charge in [-0.25, -0.2) is 0 Å². The molecule has 2 fully saturated rings. The fourth-order valence-electron chi connectivity index (χ4n) is 4.66. The molecule has 0 radical (unpaired) electrons. The van der Waals surface area contributed by atoms with Crippen molar-refractivity contribution in [3.8, 4) is 0 Å². The number of benzene rings is 2. The second-order valence-corrected chi connectivity index (χ2v) is 7.58. The predicted molar refractivity (Wildman–Crippen MR) is 108 cm³/mol. The molecule has 0 aromatic heterocycles. The van der Waals surface area contributed by atoms with Gasteiger partial charge in [-0.1, -0.05) is 61.5 Å². The van der Waals surface area contributed by atoms with Gasteiger partial charge in [0.2, 0.25) is 5.91 Å². The maximum absolute atomic E-state index is 12.3. The van der Waals surface area contributed by atoms with Crippen LogP contribution in [0.3, 0.4) is 0 Å². The van der Waals surface area contributed by atoms with Gasteiger partial charge in [0.05, 0.1) is 0 Å². The molecule has 0 N–H and O–H groups in total. The van der Waals surface area contributed by atoms with Crippen LogP contribution >= 0.6 is 0 Å². The van der Waals surface area contributed by atoms with Gasteiger partial charge in [0.15, 0.2) is 0 Å². The van der Waals surface area contributed by atoms with Gasteiger partial charge in [0, 0.05) is 38.1 Å². The molecule has 2 heterocycles. The quantitative estimate of drug-likeness (QED) is 0.821. The molecule has 4 rings (SSSR count). The van der Waals surface area contributed by atoms with Crippen molar-refractivity contribution in [3.63, 3.8) is 0 Å². The second kappa shape index (κ2) is 7.63. The average molecular weight is 348 g/mol. The number of rotatable bonds is 4. The zero-order chi connectivity index (χ0) is 17.9. The second-order valence-electron chi connectivity index (χ2n) is 7.58. The van der Waals surface area contributed by atoms with Gasteiger partial charge in [-0.05, 0) is 35.6 Å². The highest BCUT2D eigenvalue weighted by Crippen LogP contribution is 2.29. The smallest absolute Gasteiger partial charge is 0.222 e. The van der Waals surface area contributed by atoms with Crippen LogP contribution < -0.4 is 0 Å². The molecule has 1 amide bonds. The molecule has 2 aromatic rings. The molecule has 2 atom stereocenters. The van der Waals surface area contributed by atoms with Crippen molar-refractivity contribution in [1.82, 2.24) is 9.80 Å². The van der Waals surface area contributed by atoms with Crippen molar-refractivity contribution in [1.29, 1.82) is 0 Å². The molecule has 0 spiro atoms. The Labute approximate surface area is 156 Å². The highest BCUT2D eigenvalue weighted by Gasteiger charge is 2.38. The Morgan fingerprint density at radius 2 is 1.81 bits per heavy atom. The van der Waals surface area contributed by atoms with Crippen molar-refractivity contribution >= 4 is 22.8 Å². The molecule has 3 nitrogen and oxygen atoms in total. The van der Waals surface area contributed by atoms with E-state index >= 15 is 0 Å². The highest BCUT2D eigenvalue weighted by molar-refractivity contribution is 5.90. The summed E-state index contributed by atoms with van der Waals surface area (Å²) in [4.78, 5) is 17.0. The molecule has 2 aliphatic heterocycles. The lowest BCUT2D eigenvalue weighted by molar-refractivity contribution is -0.142. The van der Waals surface area contributed by atoms with Crippen molar-refractivity contribution in [2.24, 2.45) is 0 Å². The van der Waals surface area contributed by atoms with Crippen molar-refractivity contribution < 1.29 is 4.79 Å². The largest absolute Gasteiger partial charge is 0.334 e. The van der Waals surface area contributed by atoms with Gasteiger partial charge in [-0.3, -0.25) is 9.69 Å². The fourth-order valence-corrected chi connectivity index (χ4v) is 4.66. The molecular formula is C23H28N2O. The van der Waals surface area contributed by atoms with Crippen molar-refractivity contribution in [3.05, 3.63) is 54.1 Å². The molecule has 136 valence electrons. The summed E-state index contributed by atoms with van der Waals surface area (Å²) < 4.78 is 0. The number of piperazine rings is 1. The number of hydrogen-bond donors (Lipinski definition) is 0. The van der Waals surface area contributed by atoms with Crippen LogP contribution in [-0.2, 0) is 4.79 Å². The number of carbonyl (C=O) groups excluding carboxylic acids is 1. The average Bonchev–Trinajstić information content (AvgIpc) is 2.67. The zero-order valence-corrected chi connectivity index (χ0v) is 15.6. The molecular weight excluding hydrogens is 320 g/mol. The molecule has 0 saturated carbocycles. The van der Waals surface area contributed by atoms with Crippen LogP contribution in [0.15, 0.2) is 48.5 Å². The van der Waals surface area contributed by atoms with E-state index in [4.69, 9.17) is 0 Å². The van der Waals surface area contributed by atoms with Gasteiger partial charge in [-0.15, -0.1) is 0 Å². The third-order valence-electron chi connectivity index (χ3n) is 5.87. The predicted octanol–water partition coefficient (Wildman–Crippen LogP) is 4.33. The lowest BCUT2D eigenvalue weighted by Gasteiger charge is -2.50. The van der Waals surface area contributed by atoms with Crippen molar-refractivity contribution in [2.75, 3.05) is 19.6 Å². The molecule has 2 aromatic carbocycles. The molecule has 3 heteroatoms. The van der Waals surface area contributed by atoms with E-state index in [1.54, 1.807) is 0 Å². The van der Waals surface area contributed by atoms with Crippen LogP contribution in [0.4, 0.5) is 0 Å². The Bertz CT molecular complexity index is 793. The lowest BCUT2D eigenvalue weighted by atomic mass is 9.90. The highest BCUT2D eigenvalue weighted by atomic mass is 16.2. The van der Waals surface area contributed by atoms with Gasteiger partial charge in [0.1, 0.15) is 0 Å². The zero-order valence-electron chi connectivity index (χ0n) is 15.6. The number of likely N-dealkylation sites (tertiary alicyclic amines) is 1. The number of hydrogen-bond acceptors (Lipinski definition) is 2. The van der Waals surface area contributed by atoms with Crippen LogP contribution in [0.1, 0.15) is 38.2 Å². The van der Waals surface area contributed by atoms with Crippen molar-refractivity contribution in [2.45, 2.75) is 44.7 Å². The Hall–Kier alpha value is -2.13. The maximum Gasteiger partial charge on any atom is 0.222 e. The topological polar surface area (TPSA) is 23.6 Å². The minimum atomic E-state index is 0.339. The summed E-state index contributed by atoms with van der Waals surface area (Å²) in [5.41, 5.74) is 1.28. The molecule has 2 saturated heterocycles. The molecule has 0 aliphatic carbocycles. The molecule has 2 bridgehead atoms. The van der Waals surface area contributed by atoms with Gasteiger partial charge in [0.25, 0.3) is 0 Å². The van der Waals surface area contributed by atoms with E-state index in [0.717, 1.165) is 32.5 Å².